The van der Waals surface area contributed by atoms with Crippen LogP contribution in [0.4, 0.5) is 11.5 Å². The molecule has 1 aliphatic rings. The third-order valence-electron chi connectivity index (χ3n) is 4.71. The summed E-state index contributed by atoms with van der Waals surface area (Å²) in [6.07, 6.45) is 5.23. The third-order valence-corrected chi connectivity index (χ3v) is 5.28. The third kappa shape index (κ3) is 4.84. The molecule has 1 aromatic carbocycles. The van der Waals surface area contributed by atoms with E-state index in [0.29, 0.717) is 23.1 Å². The molecule has 0 bridgehead atoms. The number of H-pyrrole nitrogens is 1. The van der Waals surface area contributed by atoms with Crippen LogP contribution in [0.5, 0.6) is 0 Å². The Hall–Kier alpha value is -2.69. The molecule has 4 rings (SSSR count). The van der Waals surface area contributed by atoms with Gasteiger partial charge in [-0.05, 0) is 24.5 Å². The van der Waals surface area contributed by atoms with E-state index in [9.17, 15) is 4.79 Å². The van der Waals surface area contributed by atoms with Crippen molar-refractivity contribution in [3.63, 3.8) is 0 Å². The Labute approximate surface area is 172 Å². The zero-order valence-electron chi connectivity index (χ0n) is 16.1. The standard InChI is InChI=1S/C19H23N7O2S/c1-29-19-21-12-15(18(27)20-4-5-26-6-8-28-9-7-26)17(24-19)23-14-2-3-16-13(10-14)11-22-25-16/h2-3,10-12H,4-9H2,1H3,(H,20,27)(H,22,25)(H,21,23,24). The van der Waals surface area contributed by atoms with Gasteiger partial charge < -0.3 is 15.4 Å². The zero-order chi connectivity index (χ0) is 20.1. The molecule has 10 heteroatoms. The van der Waals surface area contributed by atoms with Crippen molar-refractivity contribution in [1.29, 1.82) is 0 Å². The average molecular weight is 414 g/mol. The fourth-order valence-electron chi connectivity index (χ4n) is 3.13. The number of rotatable bonds is 7. The number of aromatic nitrogens is 4. The number of amides is 1. The van der Waals surface area contributed by atoms with Gasteiger partial charge >= 0.3 is 0 Å². The van der Waals surface area contributed by atoms with Gasteiger partial charge in [0.15, 0.2) is 5.16 Å². The zero-order valence-corrected chi connectivity index (χ0v) is 17.0. The number of aromatic amines is 1. The van der Waals surface area contributed by atoms with Gasteiger partial charge in [-0.3, -0.25) is 14.8 Å². The molecule has 152 valence electrons. The highest BCUT2D eigenvalue weighted by atomic mass is 32.2. The van der Waals surface area contributed by atoms with E-state index in [4.69, 9.17) is 4.74 Å². The van der Waals surface area contributed by atoms with Crippen molar-refractivity contribution in [3.8, 4) is 0 Å². The van der Waals surface area contributed by atoms with Crippen molar-refractivity contribution < 1.29 is 9.53 Å². The minimum absolute atomic E-state index is 0.196. The molecule has 0 aliphatic carbocycles. The Bertz CT molecular complexity index is 988. The van der Waals surface area contributed by atoms with Crippen LogP contribution in [-0.2, 0) is 4.74 Å². The number of anilines is 2. The summed E-state index contributed by atoms with van der Waals surface area (Å²) in [5.41, 5.74) is 2.19. The fourth-order valence-corrected chi connectivity index (χ4v) is 3.47. The maximum atomic E-state index is 12.8. The molecular formula is C19H23N7O2S. The summed E-state index contributed by atoms with van der Waals surface area (Å²) in [5, 5.41) is 14.8. The predicted octanol–water partition coefficient (Wildman–Crippen LogP) is 1.88. The van der Waals surface area contributed by atoms with Crippen molar-refractivity contribution in [3.05, 3.63) is 36.2 Å². The summed E-state index contributed by atoms with van der Waals surface area (Å²) in [4.78, 5) is 23.8. The first-order chi connectivity index (χ1) is 14.2. The molecule has 1 saturated heterocycles. The van der Waals surface area contributed by atoms with Gasteiger partial charge in [0.25, 0.3) is 5.91 Å². The molecule has 0 radical (unpaired) electrons. The number of ether oxygens (including phenoxy) is 1. The van der Waals surface area contributed by atoms with Crippen molar-refractivity contribution in [2.45, 2.75) is 5.16 Å². The molecule has 2 aromatic heterocycles. The minimum Gasteiger partial charge on any atom is -0.379 e. The maximum absolute atomic E-state index is 12.8. The van der Waals surface area contributed by atoms with Crippen LogP contribution in [0.2, 0.25) is 0 Å². The fraction of sp³-hybridized carbons (Fsp3) is 0.368. The quantitative estimate of drug-likeness (QED) is 0.398. The monoisotopic (exact) mass is 413 g/mol. The molecule has 3 N–H and O–H groups in total. The van der Waals surface area contributed by atoms with Crippen molar-refractivity contribution in [1.82, 2.24) is 30.4 Å². The van der Waals surface area contributed by atoms with Gasteiger partial charge in [0.2, 0.25) is 0 Å². The molecular weight excluding hydrogens is 390 g/mol. The van der Waals surface area contributed by atoms with Crippen LogP contribution < -0.4 is 10.6 Å². The van der Waals surface area contributed by atoms with Gasteiger partial charge in [-0.25, -0.2) is 9.97 Å². The summed E-state index contributed by atoms with van der Waals surface area (Å²) < 4.78 is 5.35. The second kappa shape index (κ2) is 9.21. The lowest BCUT2D eigenvalue weighted by Gasteiger charge is -2.26. The number of carbonyl (C=O) groups excluding carboxylic acids is 1. The Balaban J connectivity index is 1.47. The SMILES string of the molecule is CSc1ncc(C(=O)NCCN2CCOCC2)c(Nc2ccc3[nH]ncc3c2)n1. The Morgan fingerprint density at radius 1 is 1.31 bits per heavy atom. The number of carbonyl (C=O) groups is 1. The number of morpholine rings is 1. The van der Waals surface area contributed by atoms with E-state index in [-0.39, 0.29) is 5.91 Å². The normalized spacial score (nSPS) is 14.8. The van der Waals surface area contributed by atoms with Crippen LogP contribution in [0.15, 0.2) is 35.7 Å². The minimum atomic E-state index is -0.196. The van der Waals surface area contributed by atoms with E-state index >= 15 is 0 Å². The number of thioether (sulfide) groups is 1. The smallest absolute Gasteiger partial charge is 0.256 e. The van der Waals surface area contributed by atoms with Crippen molar-refractivity contribution in [2.75, 3.05) is 51.0 Å². The summed E-state index contributed by atoms with van der Waals surface area (Å²) >= 11 is 1.43. The molecule has 0 saturated carbocycles. The molecule has 29 heavy (non-hydrogen) atoms. The second-order valence-electron chi connectivity index (χ2n) is 6.63. The maximum Gasteiger partial charge on any atom is 0.256 e. The highest BCUT2D eigenvalue weighted by Crippen LogP contribution is 2.23. The van der Waals surface area contributed by atoms with Gasteiger partial charge in [-0.1, -0.05) is 11.8 Å². The lowest BCUT2D eigenvalue weighted by Crippen LogP contribution is -2.41. The molecule has 1 aliphatic heterocycles. The number of nitrogens with one attached hydrogen (secondary N) is 3. The topological polar surface area (TPSA) is 108 Å². The first kappa shape index (κ1) is 19.6. The van der Waals surface area contributed by atoms with E-state index in [1.165, 1.54) is 11.8 Å². The van der Waals surface area contributed by atoms with E-state index in [1.54, 1.807) is 12.4 Å². The molecule has 1 amide bonds. The average Bonchev–Trinajstić information content (AvgIpc) is 3.22. The molecule has 0 atom stereocenters. The number of hydrogen-bond donors (Lipinski definition) is 3. The number of hydrogen-bond acceptors (Lipinski definition) is 8. The predicted molar refractivity (Wildman–Crippen MR) is 113 cm³/mol. The van der Waals surface area contributed by atoms with Crippen LogP contribution in [0.25, 0.3) is 10.9 Å². The van der Waals surface area contributed by atoms with E-state index in [1.807, 2.05) is 24.5 Å². The van der Waals surface area contributed by atoms with Crippen molar-refractivity contribution in [2.24, 2.45) is 0 Å². The van der Waals surface area contributed by atoms with Crippen molar-refractivity contribution >= 4 is 40.1 Å². The molecule has 9 nitrogen and oxygen atoms in total. The molecule has 3 heterocycles. The molecule has 1 fully saturated rings. The highest BCUT2D eigenvalue weighted by Gasteiger charge is 2.16. The van der Waals surface area contributed by atoms with Crippen LogP contribution in [0.3, 0.4) is 0 Å². The van der Waals surface area contributed by atoms with Gasteiger partial charge in [0.1, 0.15) is 11.4 Å². The van der Waals surface area contributed by atoms with E-state index in [0.717, 1.165) is 49.4 Å². The second-order valence-corrected chi connectivity index (χ2v) is 7.40. The first-order valence-corrected chi connectivity index (χ1v) is 10.6. The van der Waals surface area contributed by atoms with Gasteiger partial charge in [0, 0.05) is 43.4 Å². The van der Waals surface area contributed by atoms with E-state index < -0.39 is 0 Å². The number of benzene rings is 1. The Morgan fingerprint density at radius 3 is 3.00 bits per heavy atom. The number of nitrogens with zero attached hydrogens (tertiary/aromatic N) is 4. The first-order valence-electron chi connectivity index (χ1n) is 9.42. The van der Waals surface area contributed by atoms with Gasteiger partial charge in [-0.15, -0.1) is 0 Å². The molecule has 0 unspecified atom stereocenters. The van der Waals surface area contributed by atoms with Gasteiger partial charge in [-0.2, -0.15) is 5.10 Å². The summed E-state index contributed by atoms with van der Waals surface area (Å²) in [7, 11) is 0. The largest absolute Gasteiger partial charge is 0.379 e. The Morgan fingerprint density at radius 2 is 2.17 bits per heavy atom. The van der Waals surface area contributed by atoms with Crippen LogP contribution in [0, 0.1) is 0 Å². The lowest BCUT2D eigenvalue weighted by molar-refractivity contribution is 0.0383. The van der Waals surface area contributed by atoms with Crippen LogP contribution in [0.1, 0.15) is 10.4 Å². The Kier molecular flexibility index (Phi) is 6.23. The van der Waals surface area contributed by atoms with E-state index in [2.05, 4.69) is 35.7 Å². The molecule has 0 spiro atoms. The summed E-state index contributed by atoms with van der Waals surface area (Å²) in [6.45, 7) is 4.62. The lowest BCUT2D eigenvalue weighted by atomic mass is 10.2. The van der Waals surface area contributed by atoms with Crippen LogP contribution >= 0.6 is 11.8 Å². The molecule has 3 aromatic rings. The summed E-state index contributed by atoms with van der Waals surface area (Å²) in [5.74, 6) is 0.286. The van der Waals surface area contributed by atoms with Crippen LogP contribution in [-0.4, -0.2) is 76.6 Å². The number of fused-ring (bicyclic) bond motifs is 1. The van der Waals surface area contributed by atoms with Gasteiger partial charge in [0.05, 0.1) is 24.9 Å². The summed E-state index contributed by atoms with van der Waals surface area (Å²) in [6, 6.07) is 5.81. The highest BCUT2D eigenvalue weighted by molar-refractivity contribution is 7.98.